The fraction of sp³-hybridized carbons (Fsp3) is 0.600. The van der Waals surface area contributed by atoms with Gasteiger partial charge in [0.15, 0.2) is 0 Å². The van der Waals surface area contributed by atoms with Crippen LogP contribution in [0.1, 0.15) is 0 Å². The zero-order valence-electron chi connectivity index (χ0n) is 18.2. The minimum atomic E-state index is -2.67. The van der Waals surface area contributed by atoms with Crippen molar-refractivity contribution in [3.63, 3.8) is 0 Å². The molecule has 0 aliphatic rings. The summed E-state index contributed by atoms with van der Waals surface area (Å²) in [6.45, 7) is -2.25. The molecule has 11 N–H and O–H groups in total. The molecule has 0 aromatic carbocycles. The summed E-state index contributed by atoms with van der Waals surface area (Å²) in [6, 6.07) is 0. The van der Waals surface area contributed by atoms with E-state index in [2.05, 4.69) is 0 Å². The van der Waals surface area contributed by atoms with Gasteiger partial charge < -0.3 is 65.6 Å². The van der Waals surface area contributed by atoms with Gasteiger partial charge in [0.05, 0.1) is 33.5 Å². The molecule has 0 aliphatic heterocycles. The molecule has 0 spiro atoms. The van der Waals surface area contributed by atoms with Crippen molar-refractivity contribution in [2.45, 2.75) is 0 Å². The van der Waals surface area contributed by atoms with Crippen LogP contribution in [0.5, 0.6) is 0 Å². The Morgan fingerprint density at radius 1 is 0.529 bits per heavy atom. The first-order valence-corrected chi connectivity index (χ1v) is 7.80. The molecule has 0 aromatic heterocycles. The van der Waals surface area contributed by atoms with Crippen LogP contribution in [0.3, 0.4) is 0 Å². The molecule has 0 rings (SSSR count). The van der Waals surface area contributed by atoms with Gasteiger partial charge >= 0.3 is 97.6 Å². The summed E-state index contributed by atoms with van der Waals surface area (Å²) in [5.41, 5.74) is 0. The first kappa shape index (κ1) is 46.9. The fourth-order valence-electron chi connectivity index (χ4n) is 1.48. The zero-order chi connectivity index (χ0) is 26.4. The van der Waals surface area contributed by atoms with Crippen LogP contribution in [0, 0.1) is 0 Å². The summed E-state index contributed by atoms with van der Waals surface area (Å²) in [5.74, 6) is -4.91. The Kier molecular flexibility index (Phi) is 42.3. The van der Waals surface area contributed by atoms with Crippen molar-refractivity contribution < 1.29 is 144 Å². The Morgan fingerprint density at radius 3 is 0.735 bits per heavy atom. The molecule has 0 heterocycles. The number of carboxylic acid groups (broad SMARTS) is 4. The number of carbonyl (C=O) groups is 4. The second-order valence-electron chi connectivity index (χ2n) is 5.00. The molecule has 0 fully saturated rings. The van der Waals surface area contributed by atoms with E-state index in [1.807, 2.05) is 0 Å². The van der Waals surface area contributed by atoms with E-state index in [0.717, 1.165) is 9.80 Å². The van der Waals surface area contributed by atoms with Crippen LogP contribution in [-0.4, -0.2) is 151 Å². The predicted octanol–water partition coefficient (Wildman–Crippen LogP) is -15.5. The summed E-state index contributed by atoms with van der Waals surface area (Å²) in [4.78, 5) is 44.4. The normalized spacial score (nSPS) is 8.68. The smallest absolute Gasteiger partial charge is 0.871 e. The van der Waals surface area contributed by atoms with Crippen LogP contribution in [0.2, 0.25) is 0 Å². The van der Waals surface area contributed by atoms with Crippen LogP contribution >= 0.6 is 0 Å². The fourth-order valence-corrected chi connectivity index (χ4v) is 1.48. The van der Waals surface area contributed by atoms with E-state index in [9.17, 15) is 19.2 Å². The first-order valence-electron chi connectivity index (χ1n) is 7.80. The Hall–Kier alpha value is -0.365. The van der Waals surface area contributed by atoms with Gasteiger partial charge in [-0.3, -0.25) is 29.0 Å². The van der Waals surface area contributed by atoms with Gasteiger partial charge in [-0.1, -0.05) is 0 Å². The average molecular weight is 522 g/mol. The van der Waals surface area contributed by atoms with Gasteiger partial charge in [0.1, 0.15) is 0 Å². The molecule has 24 heteroatoms. The second-order valence-corrected chi connectivity index (χ2v) is 5.00. The summed E-state index contributed by atoms with van der Waals surface area (Å²) in [7, 11) is -7.00. The number of aliphatic carboxylic acids is 4. The van der Waals surface area contributed by atoms with Crippen molar-refractivity contribution in [3.05, 3.63) is 0 Å². The van der Waals surface area contributed by atoms with Crippen molar-refractivity contribution in [3.8, 4) is 0 Å². The van der Waals surface area contributed by atoms with Gasteiger partial charge in [-0.25, -0.2) is 0 Å². The molecular formula is C10H23B3N2Na2O17. The van der Waals surface area contributed by atoms with Crippen molar-refractivity contribution in [1.82, 2.24) is 9.80 Å². The molecule has 0 amide bonds. The number of rotatable bonds is 11. The summed E-state index contributed by atoms with van der Waals surface area (Å²) in [6.07, 6.45) is 0. The average Bonchev–Trinajstić information content (AvgIpc) is 2.48. The van der Waals surface area contributed by atoms with Gasteiger partial charge in [0.2, 0.25) is 0 Å². The third-order valence-electron chi connectivity index (χ3n) is 2.17. The van der Waals surface area contributed by atoms with Crippen LogP contribution in [0.15, 0.2) is 0 Å². The summed E-state index contributed by atoms with van der Waals surface area (Å²) in [5, 5.41) is 101. The van der Waals surface area contributed by atoms with E-state index in [-0.39, 0.29) is 72.2 Å². The third kappa shape index (κ3) is 69.7. The number of nitrogens with zero attached hydrogens (tertiary/aromatic N) is 2. The molecular weight excluding hydrogens is 499 g/mol. The molecule has 0 atom stereocenters. The van der Waals surface area contributed by atoms with Crippen LogP contribution in [-0.2, 0) is 19.2 Å². The Morgan fingerprint density at radius 2 is 0.647 bits per heavy atom. The maximum atomic E-state index is 10.6. The predicted molar refractivity (Wildman–Crippen MR) is 96.2 cm³/mol. The van der Waals surface area contributed by atoms with Crippen molar-refractivity contribution in [2.75, 3.05) is 39.3 Å². The van der Waals surface area contributed by atoms with Gasteiger partial charge in [0.25, 0.3) is 0 Å². The molecule has 0 saturated heterocycles. The first-order chi connectivity index (χ1) is 14.4. The maximum Gasteiger partial charge on any atom is 1.00 e. The summed E-state index contributed by atoms with van der Waals surface area (Å²) < 4.78 is 0. The minimum Gasteiger partial charge on any atom is -0.871 e. The van der Waals surface area contributed by atoms with Crippen LogP contribution in [0.4, 0.5) is 0 Å². The maximum absolute atomic E-state index is 10.6. The van der Waals surface area contributed by atoms with Gasteiger partial charge in [-0.15, -0.1) is 0 Å². The Bertz CT molecular complexity index is 443. The SMILES string of the molecule is O=C(O)CN(CCN(CC(=O)O)CC(=O)O)CC(=O)O.OB(O)O.OB(O)O.[Na+].[Na+].[O-]B([O-])O. The molecule has 0 unspecified atom stereocenters. The van der Waals surface area contributed by atoms with E-state index < -0.39 is 72.0 Å². The standard InChI is InChI=1S/C10H16N2O8.2BH3O3.BHO3.2Na/c13-7(14)3-11(4-8(15)16)1-2-12(5-9(17)18)6-10(19)20;3*2-1(3)4;;/h1-6H2,(H,13,14)(H,15,16)(H,17,18)(H,19,20);2*2-4H;2H;;/q;;;-2;2*+1. The van der Waals surface area contributed by atoms with Crippen LogP contribution in [0.25, 0.3) is 0 Å². The van der Waals surface area contributed by atoms with Crippen molar-refractivity contribution in [1.29, 1.82) is 0 Å². The Labute approximate surface area is 237 Å². The van der Waals surface area contributed by atoms with E-state index in [4.69, 9.17) is 65.6 Å². The minimum absolute atomic E-state index is 0. The molecule has 186 valence electrons. The van der Waals surface area contributed by atoms with Gasteiger partial charge in [-0.2, -0.15) is 0 Å². The number of carboxylic acids is 4. The molecule has 34 heavy (non-hydrogen) atoms. The Balaban J connectivity index is -0.000000116. The largest absolute Gasteiger partial charge is 1.00 e. The summed E-state index contributed by atoms with van der Waals surface area (Å²) >= 11 is 0. The topological polar surface area (TPSA) is 343 Å². The molecule has 0 aromatic rings. The zero-order valence-corrected chi connectivity index (χ0v) is 22.2. The number of hydrogen-bond donors (Lipinski definition) is 11. The molecule has 0 saturated carbocycles. The van der Waals surface area contributed by atoms with Crippen molar-refractivity contribution in [2.24, 2.45) is 0 Å². The third-order valence-corrected chi connectivity index (χ3v) is 2.17. The quantitative estimate of drug-likeness (QED) is 0.112. The monoisotopic (exact) mass is 522 g/mol. The second kappa shape index (κ2) is 30.7. The molecule has 0 aliphatic carbocycles. The van der Waals surface area contributed by atoms with Gasteiger partial charge in [0, 0.05) is 13.1 Å². The molecule has 0 bridgehead atoms. The van der Waals surface area contributed by atoms with E-state index in [1.54, 1.807) is 0 Å². The molecule has 19 nitrogen and oxygen atoms in total. The van der Waals surface area contributed by atoms with E-state index in [1.165, 1.54) is 0 Å². The van der Waals surface area contributed by atoms with Crippen molar-refractivity contribution >= 4 is 45.8 Å². The van der Waals surface area contributed by atoms with Gasteiger partial charge in [-0.05, 0) is 0 Å². The number of hydrogen-bond acceptors (Lipinski definition) is 15. The van der Waals surface area contributed by atoms with Crippen LogP contribution < -0.4 is 69.2 Å². The molecule has 0 radical (unpaired) electrons. The van der Waals surface area contributed by atoms with E-state index in [0.29, 0.717) is 0 Å². The van der Waals surface area contributed by atoms with E-state index >= 15 is 0 Å².